The predicted molar refractivity (Wildman–Crippen MR) is 102 cm³/mol. The third-order valence-corrected chi connectivity index (χ3v) is 5.26. The molecule has 0 saturated heterocycles. The maximum absolute atomic E-state index is 14.3. The number of para-hydroxylation sites is 1. The molecular weight excluding hydrogens is 357 g/mol. The summed E-state index contributed by atoms with van der Waals surface area (Å²) in [5.41, 5.74) is 2.95. The molecule has 0 fully saturated rings. The fraction of sp³-hybridized carbons (Fsp3) is 0.130. The molecule has 2 amide bonds. The highest BCUT2D eigenvalue weighted by molar-refractivity contribution is 6.21. The summed E-state index contributed by atoms with van der Waals surface area (Å²) in [5.74, 6) is -0.290. The minimum atomic E-state index is -0.356. The normalized spacial score (nSPS) is 17.5. The Labute approximate surface area is 161 Å². The fourth-order valence-electron chi connectivity index (χ4n) is 3.94. The van der Waals surface area contributed by atoms with E-state index in [0.717, 1.165) is 5.56 Å². The second-order valence-corrected chi connectivity index (χ2v) is 6.98. The number of hydrogen-bond acceptors (Lipinski definition) is 3. The van der Waals surface area contributed by atoms with Gasteiger partial charge in [0.2, 0.25) is 0 Å². The highest BCUT2D eigenvalue weighted by Gasteiger charge is 2.38. The molecule has 5 rings (SSSR count). The molecule has 0 aromatic heterocycles. The van der Waals surface area contributed by atoms with E-state index < -0.39 is 0 Å². The number of ether oxygens (including phenoxy) is 1. The van der Waals surface area contributed by atoms with Crippen LogP contribution in [0.4, 0.5) is 4.39 Å². The lowest BCUT2D eigenvalue weighted by atomic mass is 10.00. The minimum Gasteiger partial charge on any atom is -0.487 e. The summed E-state index contributed by atoms with van der Waals surface area (Å²) in [6, 6.07) is 19.0. The third kappa shape index (κ3) is 2.51. The SMILES string of the molecule is O=C1c2ccccc2C(=O)N1CC1Cc2cccc(-c3ccccc3F)c2O1. The van der Waals surface area contributed by atoms with E-state index in [1.54, 1.807) is 42.5 Å². The maximum atomic E-state index is 14.3. The van der Waals surface area contributed by atoms with Crippen molar-refractivity contribution in [2.45, 2.75) is 12.5 Å². The Kier molecular flexibility index (Phi) is 3.76. The number of fused-ring (bicyclic) bond motifs is 2. The number of hydrogen-bond donors (Lipinski definition) is 0. The van der Waals surface area contributed by atoms with E-state index in [-0.39, 0.29) is 30.3 Å². The van der Waals surface area contributed by atoms with Crippen molar-refractivity contribution in [3.05, 3.63) is 89.2 Å². The molecule has 0 N–H and O–H groups in total. The molecule has 2 aliphatic heterocycles. The van der Waals surface area contributed by atoms with Gasteiger partial charge in [0, 0.05) is 17.5 Å². The first-order valence-corrected chi connectivity index (χ1v) is 9.12. The van der Waals surface area contributed by atoms with Crippen molar-refractivity contribution in [1.29, 1.82) is 0 Å². The molecule has 0 saturated carbocycles. The lowest BCUT2D eigenvalue weighted by molar-refractivity contribution is 0.0588. The van der Waals surface area contributed by atoms with Gasteiger partial charge < -0.3 is 4.74 Å². The zero-order chi connectivity index (χ0) is 19.3. The Hall–Kier alpha value is -3.47. The Balaban J connectivity index is 1.42. The number of rotatable bonds is 3. The zero-order valence-corrected chi connectivity index (χ0v) is 14.9. The van der Waals surface area contributed by atoms with Crippen LogP contribution in [0, 0.1) is 5.82 Å². The number of halogens is 1. The van der Waals surface area contributed by atoms with Crippen LogP contribution in [-0.4, -0.2) is 29.4 Å². The summed E-state index contributed by atoms with van der Waals surface area (Å²) < 4.78 is 20.4. The van der Waals surface area contributed by atoms with Crippen molar-refractivity contribution < 1.29 is 18.7 Å². The van der Waals surface area contributed by atoms with E-state index in [2.05, 4.69) is 0 Å². The molecule has 28 heavy (non-hydrogen) atoms. The molecule has 138 valence electrons. The molecule has 3 aromatic rings. The summed E-state index contributed by atoms with van der Waals surface area (Å²) in [7, 11) is 0. The second-order valence-electron chi connectivity index (χ2n) is 6.98. The molecule has 5 heteroatoms. The lowest BCUT2D eigenvalue weighted by Crippen LogP contribution is -2.38. The van der Waals surface area contributed by atoms with Gasteiger partial charge in [0.25, 0.3) is 11.8 Å². The van der Waals surface area contributed by atoms with Crippen molar-refractivity contribution in [2.75, 3.05) is 6.54 Å². The molecule has 1 unspecified atom stereocenters. The number of benzene rings is 3. The molecule has 2 heterocycles. The monoisotopic (exact) mass is 373 g/mol. The molecule has 0 spiro atoms. The van der Waals surface area contributed by atoms with E-state index >= 15 is 0 Å². The fourth-order valence-corrected chi connectivity index (χ4v) is 3.94. The van der Waals surface area contributed by atoms with Crippen LogP contribution in [0.25, 0.3) is 11.1 Å². The molecule has 0 radical (unpaired) electrons. The second kappa shape index (κ2) is 6.30. The largest absolute Gasteiger partial charge is 0.487 e. The van der Waals surface area contributed by atoms with E-state index in [0.29, 0.717) is 34.4 Å². The van der Waals surface area contributed by atoms with Crippen molar-refractivity contribution in [3.8, 4) is 16.9 Å². The van der Waals surface area contributed by atoms with Crippen LogP contribution in [0.15, 0.2) is 66.7 Å². The van der Waals surface area contributed by atoms with Crippen LogP contribution in [0.1, 0.15) is 26.3 Å². The summed E-state index contributed by atoms with van der Waals surface area (Å²) >= 11 is 0. The number of imide groups is 1. The van der Waals surface area contributed by atoms with Crippen molar-refractivity contribution in [3.63, 3.8) is 0 Å². The summed E-state index contributed by atoms with van der Waals surface area (Å²) in [5, 5.41) is 0. The van der Waals surface area contributed by atoms with E-state index in [9.17, 15) is 14.0 Å². The molecule has 0 aliphatic carbocycles. The van der Waals surface area contributed by atoms with Crippen molar-refractivity contribution in [2.24, 2.45) is 0 Å². The van der Waals surface area contributed by atoms with Gasteiger partial charge in [-0.3, -0.25) is 14.5 Å². The van der Waals surface area contributed by atoms with Gasteiger partial charge in [-0.15, -0.1) is 0 Å². The first kappa shape index (κ1) is 16.7. The van der Waals surface area contributed by atoms with Crippen LogP contribution in [-0.2, 0) is 6.42 Å². The number of amides is 2. The zero-order valence-electron chi connectivity index (χ0n) is 14.9. The topological polar surface area (TPSA) is 46.6 Å². The van der Waals surface area contributed by atoms with Crippen LogP contribution in [0.3, 0.4) is 0 Å². The summed E-state index contributed by atoms with van der Waals surface area (Å²) in [6.45, 7) is 0.164. The van der Waals surface area contributed by atoms with E-state index in [1.807, 2.05) is 18.2 Å². The van der Waals surface area contributed by atoms with E-state index in [1.165, 1.54) is 11.0 Å². The molecular formula is C23H16FNO3. The first-order chi connectivity index (χ1) is 13.6. The highest BCUT2D eigenvalue weighted by atomic mass is 19.1. The van der Waals surface area contributed by atoms with Crippen LogP contribution in [0.5, 0.6) is 5.75 Å². The Bertz CT molecular complexity index is 1090. The average molecular weight is 373 g/mol. The molecule has 0 bridgehead atoms. The molecule has 1 atom stereocenters. The van der Waals surface area contributed by atoms with Crippen molar-refractivity contribution in [1.82, 2.24) is 4.90 Å². The number of nitrogens with zero attached hydrogens (tertiary/aromatic N) is 1. The number of carbonyl (C=O) groups excluding carboxylic acids is 2. The van der Waals surface area contributed by atoms with Gasteiger partial charge in [0.05, 0.1) is 17.7 Å². The third-order valence-electron chi connectivity index (χ3n) is 5.26. The van der Waals surface area contributed by atoms with Crippen LogP contribution >= 0.6 is 0 Å². The molecule has 3 aromatic carbocycles. The standard InChI is InChI=1S/C23H16FNO3/c24-20-11-4-3-7-16(20)17-10-5-6-14-12-15(28-21(14)17)13-25-22(26)18-8-1-2-9-19(18)23(25)27/h1-11,15H,12-13H2. The van der Waals surface area contributed by atoms with Crippen LogP contribution in [0.2, 0.25) is 0 Å². The van der Waals surface area contributed by atoms with Gasteiger partial charge in [-0.05, 0) is 23.8 Å². The van der Waals surface area contributed by atoms with Gasteiger partial charge in [0.15, 0.2) is 0 Å². The highest BCUT2D eigenvalue weighted by Crippen LogP contribution is 2.40. The summed E-state index contributed by atoms with van der Waals surface area (Å²) in [6.07, 6.45) is 0.204. The summed E-state index contributed by atoms with van der Waals surface area (Å²) in [4.78, 5) is 26.4. The van der Waals surface area contributed by atoms with Gasteiger partial charge >= 0.3 is 0 Å². The Morgan fingerprint density at radius 3 is 2.11 bits per heavy atom. The Morgan fingerprint density at radius 2 is 1.43 bits per heavy atom. The first-order valence-electron chi connectivity index (χ1n) is 9.12. The average Bonchev–Trinajstić information content (AvgIpc) is 3.23. The minimum absolute atomic E-state index is 0.164. The van der Waals surface area contributed by atoms with Gasteiger partial charge in [-0.2, -0.15) is 0 Å². The molecule has 4 nitrogen and oxygen atoms in total. The van der Waals surface area contributed by atoms with Gasteiger partial charge in [0.1, 0.15) is 17.7 Å². The van der Waals surface area contributed by atoms with Gasteiger partial charge in [-0.25, -0.2) is 4.39 Å². The molecule has 2 aliphatic rings. The smallest absolute Gasteiger partial charge is 0.261 e. The van der Waals surface area contributed by atoms with E-state index in [4.69, 9.17) is 4.74 Å². The maximum Gasteiger partial charge on any atom is 0.261 e. The predicted octanol–water partition coefficient (Wildman–Crippen LogP) is 4.09. The van der Waals surface area contributed by atoms with Crippen molar-refractivity contribution >= 4 is 11.8 Å². The lowest BCUT2D eigenvalue weighted by Gasteiger charge is -2.19. The Morgan fingerprint density at radius 1 is 0.821 bits per heavy atom. The quantitative estimate of drug-likeness (QED) is 0.650. The van der Waals surface area contributed by atoms with Gasteiger partial charge in [-0.1, -0.05) is 48.5 Å². The van der Waals surface area contributed by atoms with Crippen LogP contribution < -0.4 is 4.74 Å². The number of carbonyl (C=O) groups is 2.